The Morgan fingerprint density at radius 1 is 1.17 bits per heavy atom. The standard InChI is InChI=1S/C26H27FN6O3/c1-15-13-36-25-22-17(11-19(27)23(25)32-8-6-30(2)7-9-32)24(34)18(12-33(15)22)26(35)29-16-4-5-21-20(10-16)28-14-31(21)3/h4-5,10-12,14-15H,6-9,13H2,1-3H3,(H,29,35)/t15-/m0/s1. The number of rotatable bonds is 3. The number of carbonyl (C=O) groups is 1. The first-order valence-electron chi connectivity index (χ1n) is 12.0. The van der Waals surface area contributed by atoms with Gasteiger partial charge in [-0.1, -0.05) is 0 Å². The largest absolute Gasteiger partial charge is 0.487 e. The molecule has 0 spiro atoms. The van der Waals surface area contributed by atoms with E-state index in [1.807, 2.05) is 41.1 Å². The average Bonchev–Trinajstić information content (AvgIpc) is 3.23. The highest BCUT2D eigenvalue weighted by atomic mass is 19.1. The number of hydrogen-bond donors (Lipinski definition) is 1. The molecule has 0 bridgehead atoms. The van der Waals surface area contributed by atoms with Crippen LogP contribution in [-0.4, -0.2) is 64.8 Å². The van der Waals surface area contributed by atoms with Gasteiger partial charge in [0.1, 0.15) is 17.9 Å². The smallest absolute Gasteiger partial charge is 0.261 e. The number of amides is 1. The number of likely N-dealkylation sites (N-methyl/N-ethyl adjacent to an activating group) is 1. The molecule has 2 aromatic carbocycles. The van der Waals surface area contributed by atoms with Gasteiger partial charge in [-0.05, 0) is 38.2 Å². The van der Waals surface area contributed by atoms with E-state index in [9.17, 15) is 9.59 Å². The molecule has 0 aliphatic carbocycles. The van der Waals surface area contributed by atoms with Crippen molar-refractivity contribution in [1.82, 2.24) is 19.0 Å². The Bertz CT molecular complexity index is 1580. The highest BCUT2D eigenvalue weighted by molar-refractivity contribution is 6.07. The molecule has 9 nitrogen and oxygen atoms in total. The predicted octanol–water partition coefficient (Wildman–Crippen LogP) is 2.98. The third kappa shape index (κ3) is 3.51. The molecule has 4 heterocycles. The summed E-state index contributed by atoms with van der Waals surface area (Å²) in [6, 6.07) is 6.50. The third-order valence-corrected chi connectivity index (χ3v) is 7.19. The van der Waals surface area contributed by atoms with Crippen molar-refractivity contribution in [1.29, 1.82) is 0 Å². The number of ether oxygens (including phenoxy) is 1. The van der Waals surface area contributed by atoms with Crippen LogP contribution >= 0.6 is 0 Å². The van der Waals surface area contributed by atoms with E-state index in [1.165, 1.54) is 6.07 Å². The Morgan fingerprint density at radius 2 is 1.94 bits per heavy atom. The van der Waals surface area contributed by atoms with Crippen LogP contribution in [-0.2, 0) is 7.05 Å². The fourth-order valence-corrected chi connectivity index (χ4v) is 5.11. The number of pyridine rings is 1. The van der Waals surface area contributed by atoms with Gasteiger partial charge in [0.15, 0.2) is 11.6 Å². The van der Waals surface area contributed by atoms with E-state index in [1.54, 1.807) is 24.7 Å². The molecule has 186 valence electrons. The molecule has 0 radical (unpaired) electrons. The number of nitrogens with one attached hydrogen (secondary N) is 1. The number of imidazole rings is 1. The quantitative estimate of drug-likeness (QED) is 0.475. The van der Waals surface area contributed by atoms with Gasteiger partial charge in [-0.3, -0.25) is 9.59 Å². The zero-order chi connectivity index (χ0) is 25.1. The molecule has 2 aliphatic heterocycles. The van der Waals surface area contributed by atoms with Gasteiger partial charge >= 0.3 is 0 Å². The lowest BCUT2D eigenvalue weighted by Crippen LogP contribution is -2.45. The van der Waals surface area contributed by atoms with E-state index >= 15 is 4.39 Å². The second-order valence-corrected chi connectivity index (χ2v) is 9.67. The van der Waals surface area contributed by atoms with Crippen LogP contribution in [0.3, 0.4) is 0 Å². The number of piperazine rings is 1. The summed E-state index contributed by atoms with van der Waals surface area (Å²) in [5.74, 6) is -0.694. The van der Waals surface area contributed by atoms with E-state index < -0.39 is 17.2 Å². The van der Waals surface area contributed by atoms with Gasteiger partial charge < -0.3 is 29.0 Å². The molecule has 1 amide bonds. The van der Waals surface area contributed by atoms with Crippen molar-refractivity contribution in [3.05, 3.63) is 58.4 Å². The Kier molecular flexibility index (Phi) is 5.22. The highest BCUT2D eigenvalue weighted by Gasteiger charge is 2.31. The first kappa shape index (κ1) is 22.5. The Hall–Kier alpha value is -3.92. The van der Waals surface area contributed by atoms with Crippen LogP contribution in [0.5, 0.6) is 5.75 Å². The minimum Gasteiger partial charge on any atom is -0.487 e. The fraction of sp³-hybridized carbons (Fsp3) is 0.346. The number of nitrogens with zero attached hydrogens (tertiary/aromatic N) is 5. The molecule has 1 saturated heterocycles. The first-order valence-corrected chi connectivity index (χ1v) is 12.0. The van der Waals surface area contributed by atoms with Crippen LogP contribution in [0.2, 0.25) is 0 Å². The van der Waals surface area contributed by atoms with Crippen molar-refractivity contribution in [2.45, 2.75) is 13.0 Å². The van der Waals surface area contributed by atoms with Crippen molar-refractivity contribution >= 4 is 39.2 Å². The third-order valence-electron chi connectivity index (χ3n) is 7.19. The minimum atomic E-state index is -0.551. The lowest BCUT2D eigenvalue weighted by molar-refractivity contribution is 0.102. The number of fused-ring (bicyclic) bond motifs is 1. The second kappa shape index (κ2) is 8.34. The van der Waals surface area contributed by atoms with Gasteiger partial charge in [0.2, 0.25) is 5.43 Å². The van der Waals surface area contributed by atoms with Gasteiger partial charge in [-0.25, -0.2) is 9.37 Å². The maximum Gasteiger partial charge on any atom is 0.261 e. The summed E-state index contributed by atoms with van der Waals surface area (Å²) in [6.07, 6.45) is 3.27. The summed E-state index contributed by atoms with van der Waals surface area (Å²) in [7, 11) is 3.93. The number of anilines is 2. The summed E-state index contributed by atoms with van der Waals surface area (Å²) < 4.78 is 25.3. The zero-order valence-corrected chi connectivity index (χ0v) is 20.4. The number of benzene rings is 2. The van der Waals surface area contributed by atoms with E-state index in [0.29, 0.717) is 42.3 Å². The van der Waals surface area contributed by atoms with Crippen molar-refractivity contribution < 1.29 is 13.9 Å². The maximum atomic E-state index is 15.5. The zero-order valence-electron chi connectivity index (χ0n) is 20.4. The second-order valence-electron chi connectivity index (χ2n) is 9.67. The predicted molar refractivity (Wildman–Crippen MR) is 137 cm³/mol. The molecule has 0 saturated carbocycles. The lowest BCUT2D eigenvalue weighted by Gasteiger charge is -2.37. The molecule has 10 heteroatoms. The molecular formula is C26H27FN6O3. The van der Waals surface area contributed by atoms with Crippen LogP contribution < -0.4 is 20.4 Å². The van der Waals surface area contributed by atoms with Crippen molar-refractivity contribution in [3.8, 4) is 5.75 Å². The topological polar surface area (TPSA) is 84.6 Å². The van der Waals surface area contributed by atoms with E-state index in [-0.39, 0.29) is 17.0 Å². The molecule has 2 aromatic heterocycles. The monoisotopic (exact) mass is 490 g/mol. The summed E-state index contributed by atoms with van der Waals surface area (Å²) >= 11 is 0. The maximum absolute atomic E-state index is 15.5. The van der Waals surface area contributed by atoms with Crippen LogP contribution in [0.25, 0.3) is 21.9 Å². The normalized spacial score (nSPS) is 18.0. The van der Waals surface area contributed by atoms with Crippen molar-refractivity contribution in [2.24, 2.45) is 7.05 Å². The molecule has 0 unspecified atom stereocenters. The van der Waals surface area contributed by atoms with Gasteiger partial charge in [0, 0.05) is 45.1 Å². The number of hydrogen-bond acceptors (Lipinski definition) is 6. The van der Waals surface area contributed by atoms with Crippen LogP contribution in [0.1, 0.15) is 23.3 Å². The molecule has 2 aliphatic rings. The number of aryl methyl sites for hydroxylation is 1. The lowest BCUT2D eigenvalue weighted by atomic mass is 10.0. The molecule has 1 N–H and O–H groups in total. The van der Waals surface area contributed by atoms with Gasteiger partial charge in [0.25, 0.3) is 5.91 Å². The summed E-state index contributed by atoms with van der Waals surface area (Å²) in [4.78, 5) is 35.2. The highest BCUT2D eigenvalue weighted by Crippen LogP contribution is 2.42. The fourth-order valence-electron chi connectivity index (χ4n) is 5.11. The number of carbonyl (C=O) groups excluding carboxylic acids is 1. The van der Waals surface area contributed by atoms with Crippen LogP contribution in [0.4, 0.5) is 15.8 Å². The summed E-state index contributed by atoms with van der Waals surface area (Å²) in [5, 5.41) is 2.95. The van der Waals surface area contributed by atoms with E-state index in [2.05, 4.69) is 15.2 Å². The van der Waals surface area contributed by atoms with E-state index in [4.69, 9.17) is 4.74 Å². The molecular weight excluding hydrogens is 463 g/mol. The molecule has 1 fully saturated rings. The molecule has 4 aromatic rings. The van der Waals surface area contributed by atoms with E-state index in [0.717, 1.165) is 24.1 Å². The SMILES string of the molecule is C[C@H]1COc2c(N3CCN(C)CC3)c(F)cc3c(=O)c(C(=O)Nc4ccc5c(c4)ncn5C)cn1c23. The van der Waals surface area contributed by atoms with Gasteiger partial charge in [0.05, 0.1) is 34.3 Å². The van der Waals surface area contributed by atoms with Crippen LogP contribution in [0.15, 0.2) is 41.6 Å². The summed E-state index contributed by atoms with van der Waals surface area (Å²) in [5.41, 5.74) is 2.52. The van der Waals surface area contributed by atoms with Crippen molar-refractivity contribution in [2.75, 3.05) is 50.1 Å². The minimum absolute atomic E-state index is 0.0462. The van der Waals surface area contributed by atoms with Gasteiger partial charge in [-0.2, -0.15) is 0 Å². The molecule has 1 atom stereocenters. The Balaban J connectivity index is 1.44. The Morgan fingerprint density at radius 3 is 2.72 bits per heavy atom. The average molecular weight is 491 g/mol. The molecule has 6 rings (SSSR count). The first-order chi connectivity index (χ1) is 17.3. The van der Waals surface area contributed by atoms with Gasteiger partial charge in [-0.15, -0.1) is 0 Å². The Labute approximate surface area is 206 Å². The number of aromatic nitrogens is 3. The molecule has 36 heavy (non-hydrogen) atoms. The number of halogens is 1. The summed E-state index contributed by atoms with van der Waals surface area (Å²) in [6.45, 7) is 5.20. The van der Waals surface area contributed by atoms with Crippen molar-refractivity contribution in [3.63, 3.8) is 0 Å². The van der Waals surface area contributed by atoms with Crippen LogP contribution in [0, 0.1) is 5.82 Å².